The summed E-state index contributed by atoms with van der Waals surface area (Å²) in [5, 5.41) is 15.7. The zero-order valence-corrected chi connectivity index (χ0v) is 13.8. The van der Waals surface area contributed by atoms with Crippen molar-refractivity contribution in [2.24, 2.45) is 0 Å². The van der Waals surface area contributed by atoms with Crippen molar-refractivity contribution in [3.63, 3.8) is 0 Å². The maximum absolute atomic E-state index is 10.5. The Balaban J connectivity index is 2.34. The molecule has 0 bridgehead atoms. The van der Waals surface area contributed by atoms with Crippen LogP contribution < -0.4 is 0 Å². The van der Waals surface area contributed by atoms with Crippen molar-refractivity contribution in [3.05, 3.63) is 50.2 Å². The van der Waals surface area contributed by atoms with Crippen molar-refractivity contribution in [2.45, 2.75) is 12.6 Å². The summed E-state index contributed by atoms with van der Waals surface area (Å²) < 4.78 is 7.38. The van der Waals surface area contributed by atoms with E-state index in [4.69, 9.17) is 27.9 Å². The molecule has 0 saturated heterocycles. The van der Waals surface area contributed by atoms with Gasteiger partial charge in [-0.15, -0.1) is 0 Å². The van der Waals surface area contributed by atoms with Crippen molar-refractivity contribution in [2.75, 3.05) is 13.7 Å². The highest BCUT2D eigenvalue weighted by Crippen LogP contribution is 2.32. The Kier molecular flexibility index (Phi) is 5.46. The maximum Gasteiger partial charge on any atom is 0.122 e. The molecule has 1 aromatic carbocycles. The summed E-state index contributed by atoms with van der Waals surface area (Å²) in [6.45, 7) is 1.01. The van der Waals surface area contributed by atoms with Crippen LogP contribution in [0.1, 0.15) is 17.4 Å². The fraction of sp³-hybridized carbons (Fsp3) is 0.308. The molecule has 0 spiro atoms. The topological polar surface area (TPSA) is 47.3 Å². The number of rotatable bonds is 5. The van der Waals surface area contributed by atoms with Gasteiger partial charge in [-0.1, -0.05) is 29.3 Å². The number of hydrogen-bond acceptors (Lipinski definition) is 3. The summed E-state index contributed by atoms with van der Waals surface area (Å²) in [5.74, 6) is 0. The average molecular weight is 380 g/mol. The third-order valence-electron chi connectivity index (χ3n) is 2.86. The van der Waals surface area contributed by atoms with Gasteiger partial charge < -0.3 is 9.84 Å². The van der Waals surface area contributed by atoms with E-state index in [1.165, 1.54) is 6.20 Å². The van der Waals surface area contributed by atoms with Gasteiger partial charge in [0.25, 0.3) is 0 Å². The minimum absolute atomic E-state index is 0.416. The molecule has 0 amide bonds. The molecule has 0 fully saturated rings. The monoisotopic (exact) mass is 378 g/mol. The molecule has 1 heterocycles. The summed E-state index contributed by atoms with van der Waals surface area (Å²) in [6, 6.07) is 5.23. The number of aliphatic hydroxyl groups is 1. The van der Waals surface area contributed by atoms with Crippen LogP contribution in [0, 0.1) is 0 Å². The standard InChI is InChI=1S/C13H13BrCl2N2O2/c1-20-5-4-18-12(11(16)7-17-18)13(19)8-2-3-10(15)9(14)6-8/h2-3,6-7,13,19H,4-5H2,1H3. The highest BCUT2D eigenvalue weighted by molar-refractivity contribution is 9.10. The minimum Gasteiger partial charge on any atom is -0.383 e. The van der Waals surface area contributed by atoms with Crippen LogP contribution in [0.2, 0.25) is 10.0 Å². The van der Waals surface area contributed by atoms with Gasteiger partial charge in [-0.25, -0.2) is 0 Å². The number of halogens is 3. The van der Waals surface area contributed by atoms with Crippen molar-refractivity contribution in [3.8, 4) is 0 Å². The predicted octanol–water partition coefficient (Wildman–Crippen LogP) is 3.68. The Morgan fingerprint density at radius 3 is 2.80 bits per heavy atom. The van der Waals surface area contributed by atoms with E-state index in [0.29, 0.717) is 34.5 Å². The number of methoxy groups -OCH3 is 1. The molecule has 0 aliphatic rings. The van der Waals surface area contributed by atoms with E-state index >= 15 is 0 Å². The van der Waals surface area contributed by atoms with Gasteiger partial charge in [0.2, 0.25) is 0 Å². The molecule has 0 aliphatic carbocycles. The van der Waals surface area contributed by atoms with Gasteiger partial charge in [0.1, 0.15) is 6.10 Å². The summed E-state index contributed by atoms with van der Waals surface area (Å²) in [6.07, 6.45) is 0.635. The number of aliphatic hydroxyl groups excluding tert-OH is 1. The Morgan fingerprint density at radius 2 is 2.15 bits per heavy atom. The normalized spacial score (nSPS) is 12.7. The van der Waals surface area contributed by atoms with E-state index in [2.05, 4.69) is 21.0 Å². The zero-order valence-electron chi connectivity index (χ0n) is 10.7. The average Bonchev–Trinajstić information content (AvgIpc) is 2.80. The Morgan fingerprint density at radius 1 is 1.40 bits per heavy atom. The largest absolute Gasteiger partial charge is 0.383 e. The van der Waals surface area contributed by atoms with Crippen LogP contribution in [0.25, 0.3) is 0 Å². The maximum atomic E-state index is 10.5. The van der Waals surface area contributed by atoms with Crippen LogP contribution in [-0.2, 0) is 11.3 Å². The van der Waals surface area contributed by atoms with Gasteiger partial charge >= 0.3 is 0 Å². The molecule has 108 valence electrons. The molecule has 2 aromatic rings. The SMILES string of the molecule is COCCn1ncc(Cl)c1C(O)c1ccc(Cl)c(Br)c1. The minimum atomic E-state index is -0.879. The number of benzene rings is 1. The Hall–Kier alpha value is -0.590. The lowest BCUT2D eigenvalue weighted by atomic mass is 10.1. The van der Waals surface area contributed by atoms with Gasteiger partial charge in [0.05, 0.1) is 35.1 Å². The van der Waals surface area contributed by atoms with E-state index in [0.717, 1.165) is 4.47 Å². The molecule has 1 atom stereocenters. The first kappa shape index (κ1) is 15.8. The molecule has 1 unspecified atom stereocenters. The van der Waals surface area contributed by atoms with Gasteiger partial charge in [0.15, 0.2) is 0 Å². The van der Waals surface area contributed by atoms with Crippen molar-refractivity contribution in [1.29, 1.82) is 0 Å². The number of ether oxygens (including phenoxy) is 1. The first-order valence-electron chi connectivity index (χ1n) is 5.87. The van der Waals surface area contributed by atoms with E-state index in [1.54, 1.807) is 30.0 Å². The third kappa shape index (κ3) is 3.35. The quantitative estimate of drug-likeness (QED) is 0.861. The highest BCUT2D eigenvalue weighted by atomic mass is 79.9. The molecule has 0 radical (unpaired) electrons. The lowest BCUT2D eigenvalue weighted by Gasteiger charge is -2.15. The van der Waals surface area contributed by atoms with E-state index in [9.17, 15) is 5.11 Å². The molecule has 0 aliphatic heterocycles. The molecule has 0 saturated carbocycles. The molecular formula is C13H13BrCl2N2O2. The van der Waals surface area contributed by atoms with Gasteiger partial charge in [-0.3, -0.25) is 4.68 Å². The number of nitrogens with zero attached hydrogens (tertiary/aromatic N) is 2. The van der Waals surface area contributed by atoms with Crippen LogP contribution in [-0.4, -0.2) is 28.6 Å². The zero-order chi connectivity index (χ0) is 14.7. The van der Waals surface area contributed by atoms with Crippen LogP contribution in [0.4, 0.5) is 0 Å². The van der Waals surface area contributed by atoms with E-state index in [-0.39, 0.29) is 0 Å². The predicted molar refractivity (Wildman–Crippen MR) is 82.3 cm³/mol. The van der Waals surface area contributed by atoms with Gasteiger partial charge in [-0.05, 0) is 33.6 Å². The highest BCUT2D eigenvalue weighted by Gasteiger charge is 2.20. The molecule has 2 rings (SSSR count). The third-order valence-corrected chi connectivity index (χ3v) is 4.36. The summed E-state index contributed by atoms with van der Waals surface area (Å²) in [7, 11) is 1.61. The lowest BCUT2D eigenvalue weighted by Crippen LogP contribution is -2.13. The Bertz CT molecular complexity index is 604. The molecular weight excluding hydrogens is 367 g/mol. The molecule has 1 N–H and O–H groups in total. The van der Waals surface area contributed by atoms with E-state index in [1.807, 2.05) is 0 Å². The second-order valence-corrected chi connectivity index (χ2v) is 5.84. The first-order chi connectivity index (χ1) is 9.54. The molecule has 7 heteroatoms. The van der Waals surface area contributed by atoms with Gasteiger partial charge in [-0.2, -0.15) is 5.10 Å². The molecule has 4 nitrogen and oxygen atoms in total. The molecule has 20 heavy (non-hydrogen) atoms. The number of hydrogen-bond donors (Lipinski definition) is 1. The summed E-state index contributed by atoms with van der Waals surface area (Å²) in [4.78, 5) is 0. The number of aromatic nitrogens is 2. The smallest absolute Gasteiger partial charge is 0.122 e. The fourth-order valence-electron chi connectivity index (χ4n) is 1.84. The first-order valence-corrected chi connectivity index (χ1v) is 7.42. The molecule has 1 aromatic heterocycles. The van der Waals surface area contributed by atoms with E-state index < -0.39 is 6.10 Å². The Labute approximate surface area is 135 Å². The fourth-order valence-corrected chi connectivity index (χ4v) is 2.60. The second-order valence-electron chi connectivity index (χ2n) is 4.17. The second kappa shape index (κ2) is 6.91. The van der Waals surface area contributed by atoms with Crippen LogP contribution in [0.5, 0.6) is 0 Å². The van der Waals surface area contributed by atoms with Crippen LogP contribution in [0.15, 0.2) is 28.9 Å². The van der Waals surface area contributed by atoms with Crippen molar-refractivity contribution < 1.29 is 9.84 Å². The van der Waals surface area contributed by atoms with Crippen molar-refractivity contribution >= 4 is 39.1 Å². The van der Waals surface area contributed by atoms with Gasteiger partial charge in [0, 0.05) is 11.6 Å². The van der Waals surface area contributed by atoms with Crippen LogP contribution in [0.3, 0.4) is 0 Å². The summed E-state index contributed by atoms with van der Waals surface area (Å²) in [5.41, 5.74) is 1.22. The lowest BCUT2D eigenvalue weighted by molar-refractivity contribution is 0.171. The van der Waals surface area contributed by atoms with Crippen LogP contribution >= 0.6 is 39.1 Å². The van der Waals surface area contributed by atoms with Crippen molar-refractivity contribution in [1.82, 2.24) is 9.78 Å². The summed E-state index contributed by atoms with van der Waals surface area (Å²) >= 11 is 15.4.